The molecule has 0 spiro atoms. The van der Waals surface area contributed by atoms with Crippen molar-refractivity contribution in [3.05, 3.63) is 52.7 Å². The maximum Gasteiger partial charge on any atom is 0.264 e. The maximum absolute atomic E-state index is 12.8. The van der Waals surface area contributed by atoms with Crippen LogP contribution in [-0.2, 0) is 4.79 Å². The molecule has 0 radical (unpaired) electrons. The third-order valence-electron chi connectivity index (χ3n) is 6.24. The molecule has 1 atom stereocenters. The first-order valence-electron chi connectivity index (χ1n) is 11.4. The van der Waals surface area contributed by atoms with E-state index in [4.69, 9.17) is 0 Å². The van der Waals surface area contributed by atoms with Gasteiger partial charge in [-0.15, -0.1) is 11.3 Å². The lowest BCUT2D eigenvalue weighted by atomic mass is 10.0. The fourth-order valence-electron chi connectivity index (χ4n) is 4.49. The Balaban J connectivity index is 1.18. The summed E-state index contributed by atoms with van der Waals surface area (Å²) in [6.07, 6.45) is 3.65. The van der Waals surface area contributed by atoms with E-state index in [0.29, 0.717) is 18.0 Å². The van der Waals surface area contributed by atoms with E-state index in [1.54, 1.807) is 4.90 Å². The lowest BCUT2D eigenvalue weighted by Crippen LogP contribution is -2.52. The van der Waals surface area contributed by atoms with Gasteiger partial charge in [0.05, 0.1) is 4.88 Å². The van der Waals surface area contributed by atoms with Crippen molar-refractivity contribution in [3.63, 3.8) is 0 Å². The van der Waals surface area contributed by atoms with Gasteiger partial charge in [-0.05, 0) is 55.8 Å². The Kier molecular flexibility index (Phi) is 7.59. The molecule has 4 rings (SSSR count). The number of thiophene rings is 1. The summed E-state index contributed by atoms with van der Waals surface area (Å²) in [5, 5.41) is 5.00. The molecule has 1 aromatic heterocycles. The lowest BCUT2D eigenvalue weighted by molar-refractivity contribution is -0.126. The van der Waals surface area contributed by atoms with Gasteiger partial charge >= 0.3 is 0 Å². The largest absolute Gasteiger partial charge is 0.369 e. The number of amides is 2. The Hall–Kier alpha value is -2.38. The van der Waals surface area contributed by atoms with E-state index in [1.165, 1.54) is 17.0 Å². The SMILES string of the molecule is O=C(NCCCN1CCN(c2ccccc2)CC1)C1CCCCN1C(=O)c1cccs1. The van der Waals surface area contributed by atoms with Crippen molar-refractivity contribution in [3.8, 4) is 0 Å². The molecular formula is C24H32N4O2S. The van der Waals surface area contributed by atoms with Gasteiger partial charge in [-0.2, -0.15) is 0 Å². The first-order valence-corrected chi connectivity index (χ1v) is 12.2. The monoisotopic (exact) mass is 440 g/mol. The topological polar surface area (TPSA) is 55.9 Å². The molecule has 0 aliphatic carbocycles. The molecule has 1 unspecified atom stereocenters. The number of nitrogens with one attached hydrogen (secondary N) is 1. The van der Waals surface area contributed by atoms with Crippen molar-refractivity contribution in [2.45, 2.75) is 31.7 Å². The Morgan fingerprint density at radius 3 is 2.52 bits per heavy atom. The maximum atomic E-state index is 12.8. The Morgan fingerprint density at radius 2 is 1.77 bits per heavy atom. The minimum absolute atomic E-state index is 0.00139. The third-order valence-corrected chi connectivity index (χ3v) is 7.10. The molecule has 1 N–H and O–H groups in total. The van der Waals surface area contributed by atoms with Crippen LogP contribution in [-0.4, -0.2) is 73.5 Å². The molecule has 0 bridgehead atoms. The van der Waals surface area contributed by atoms with Crippen LogP contribution in [0.5, 0.6) is 0 Å². The lowest BCUT2D eigenvalue weighted by Gasteiger charge is -2.36. The van der Waals surface area contributed by atoms with E-state index in [1.807, 2.05) is 17.5 Å². The predicted octanol–water partition coefficient (Wildman–Crippen LogP) is 3.07. The summed E-state index contributed by atoms with van der Waals surface area (Å²) in [6.45, 7) is 6.50. The highest BCUT2D eigenvalue weighted by Crippen LogP contribution is 2.22. The number of rotatable bonds is 7. The smallest absolute Gasteiger partial charge is 0.264 e. The first-order chi connectivity index (χ1) is 15.2. The number of para-hydroxylation sites is 1. The molecule has 2 aliphatic rings. The van der Waals surface area contributed by atoms with Gasteiger partial charge in [-0.1, -0.05) is 24.3 Å². The van der Waals surface area contributed by atoms with Gasteiger partial charge in [0.2, 0.25) is 5.91 Å². The van der Waals surface area contributed by atoms with Gasteiger partial charge in [0.25, 0.3) is 5.91 Å². The standard InChI is InChI=1S/C24H32N4O2S/c29-23(21-10-4-5-14-28(21)24(30)22-11-6-19-31-22)25-12-7-13-26-15-17-27(18-16-26)20-8-2-1-3-9-20/h1-3,6,8-9,11,19,21H,4-5,7,10,12-18H2,(H,25,29). The summed E-state index contributed by atoms with van der Waals surface area (Å²) in [6, 6.07) is 14.0. The third kappa shape index (κ3) is 5.66. The summed E-state index contributed by atoms with van der Waals surface area (Å²) < 4.78 is 0. The van der Waals surface area contributed by atoms with Crippen molar-refractivity contribution < 1.29 is 9.59 Å². The van der Waals surface area contributed by atoms with Crippen LogP contribution in [0.25, 0.3) is 0 Å². The fraction of sp³-hybridized carbons (Fsp3) is 0.500. The molecule has 7 heteroatoms. The van der Waals surface area contributed by atoms with Crippen molar-refractivity contribution in [2.24, 2.45) is 0 Å². The van der Waals surface area contributed by atoms with E-state index >= 15 is 0 Å². The molecule has 2 amide bonds. The summed E-state index contributed by atoms with van der Waals surface area (Å²) >= 11 is 1.44. The molecule has 2 fully saturated rings. The molecule has 0 saturated carbocycles. The van der Waals surface area contributed by atoms with Gasteiger partial charge in [0, 0.05) is 45.0 Å². The highest BCUT2D eigenvalue weighted by molar-refractivity contribution is 7.12. The quantitative estimate of drug-likeness (QED) is 0.673. The number of carbonyl (C=O) groups is 2. The van der Waals surface area contributed by atoms with E-state index in [2.05, 4.69) is 45.4 Å². The highest BCUT2D eigenvalue weighted by Gasteiger charge is 2.32. The first kappa shape index (κ1) is 21.8. The van der Waals surface area contributed by atoms with Crippen molar-refractivity contribution in [1.82, 2.24) is 15.1 Å². The van der Waals surface area contributed by atoms with Gasteiger partial charge in [0.15, 0.2) is 0 Å². The number of likely N-dealkylation sites (tertiary alicyclic amines) is 1. The summed E-state index contributed by atoms with van der Waals surface area (Å²) in [5.74, 6) is -0.00959. The number of anilines is 1. The number of piperidine rings is 1. The van der Waals surface area contributed by atoms with Crippen LogP contribution in [0, 0.1) is 0 Å². The Morgan fingerprint density at radius 1 is 0.968 bits per heavy atom. The van der Waals surface area contributed by atoms with Crippen molar-refractivity contribution in [2.75, 3.05) is 50.7 Å². The van der Waals surface area contributed by atoms with Crippen LogP contribution in [0.3, 0.4) is 0 Å². The second-order valence-corrected chi connectivity index (χ2v) is 9.24. The summed E-state index contributed by atoms with van der Waals surface area (Å²) in [4.78, 5) is 33.0. The number of carbonyl (C=O) groups excluding carboxylic acids is 2. The Labute approximate surface area is 188 Å². The average Bonchev–Trinajstić information content (AvgIpc) is 3.37. The fourth-order valence-corrected chi connectivity index (χ4v) is 5.17. The van der Waals surface area contributed by atoms with Gasteiger partial charge in [-0.25, -0.2) is 0 Å². The number of nitrogens with zero attached hydrogens (tertiary/aromatic N) is 3. The van der Waals surface area contributed by atoms with E-state index < -0.39 is 0 Å². The molecule has 2 saturated heterocycles. The van der Waals surface area contributed by atoms with E-state index in [0.717, 1.165) is 58.4 Å². The molecular weight excluding hydrogens is 408 g/mol. The zero-order valence-corrected chi connectivity index (χ0v) is 18.9. The van der Waals surface area contributed by atoms with Crippen molar-refractivity contribution in [1.29, 1.82) is 0 Å². The summed E-state index contributed by atoms with van der Waals surface area (Å²) in [5.41, 5.74) is 1.29. The van der Waals surface area contributed by atoms with Crippen LogP contribution < -0.4 is 10.2 Å². The minimum Gasteiger partial charge on any atom is -0.369 e. The molecule has 1 aromatic carbocycles. The van der Waals surface area contributed by atoms with E-state index in [9.17, 15) is 9.59 Å². The number of piperazine rings is 1. The molecule has 3 heterocycles. The zero-order valence-electron chi connectivity index (χ0n) is 18.0. The molecule has 2 aromatic rings. The second kappa shape index (κ2) is 10.8. The van der Waals surface area contributed by atoms with Crippen LogP contribution in [0.2, 0.25) is 0 Å². The average molecular weight is 441 g/mol. The number of hydrogen-bond acceptors (Lipinski definition) is 5. The molecule has 31 heavy (non-hydrogen) atoms. The van der Waals surface area contributed by atoms with Crippen molar-refractivity contribution >= 4 is 28.8 Å². The highest BCUT2D eigenvalue weighted by atomic mass is 32.1. The number of hydrogen-bond donors (Lipinski definition) is 1. The Bertz CT molecular complexity index is 835. The number of benzene rings is 1. The van der Waals surface area contributed by atoms with Crippen LogP contribution >= 0.6 is 11.3 Å². The van der Waals surface area contributed by atoms with Crippen LogP contribution in [0.4, 0.5) is 5.69 Å². The van der Waals surface area contributed by atoms with Crippen LogP contribution in [0.15, 0.2) is 47.8 Å². The van der Waals surface area contributed by atoms with Gasteiger partial charge < -0.3 is 15.1 Å². The molecule has 166 valence electrons. The van der Waals surface area contributed by atoms with Crippen LogP contribution in [0.1, 0.15) is 35.4 Å². The normalized spacial score (nSPS) is 19.9. The second-order valence-electron chi connectivity index (χ2n) is 8.30. The van der Waals surface area contributed by atoms with E-state index in [-0.39, 0.29) is 17.9 Å². The van der Waals surface area contributed by atoms with Gasteiger partial charge in [-0.3, -0.25) is 14.5 Å². The predicted molar refractivity (Wildman–Crippen MR) is 126 cm³/mol. The minimum atomic E-state index is -0.335. The zero-order chi connectivity index (χ0) is 21.5. The summed E-state index contributed by atoms with van der Waals surface area (Å²) in [7, 11) is 0. The van der Waals surface area contributed by atoms with Gasteiger partial charge in [0.1, 0.15) is 6.04 Å². The molecule has 2 aliphatic heterocycles. The molecule has 6 nitrogen and oxygen atoms in total.